The fourth-order valence-corrected chi connectivity index (χ4v) is 1.30. The summed E-state index contributed by atoms with van der Waals surface area (Å²) in [5, 5.41) is 0.154. The number of pyridine rings is 2. The van der Waals surface area contributed by atoms with Crippen molar-refractivity contribution in [2.75, 3.05) is 0 Å². The molecule has 0 spiro atoms. The summed E-state index contributed by atoms with van der Waals surface area (Å²) in [6.07, 6.45) is 4.16. The van der Waals surface area contributed by atoms with Crippen LogP contribution in [-0.2, 0) is 0 Å². The first-order valence-electron chi connectivity index (χ1n) is 4.67. The van der Waals surface area contributed by atoms with Crippen LogP contribution in [0.4, 0.5) is 0 Å². The van der Waals surface area contributed by atoms with E-state index < -0.39 is 11.5 Å². The van der Waals surface area contributed by atoms with E-state index >= 15 is 0 Å². The van der Waals surface area contributed by atoms with Crippen molar-refractivity contribution in [1.29, 1.82) is 0 Å². The molecule has 0 unspecified atom stereocenters. The summed E-state index contributed by atoms with van der Waals surface area (Å²) in [6, 6.07) is 4.27. The average molecular weight is 251 g/mol. The number of rotatable bonds is 2. The lowest BCUT2D eigenvalue weighted by atomic mass is 10.3. The van der Waals surface area contributed by atoms with Gasteiger partial charge in [-0.25, -0.2) is 4.79 Å². The first-order valence-corrected chi connectivity index (χ1v) is 5.05. The molecule has 0 aliphatic carbocycles. The van der Waals surface area contributed by atoms with E-state index in [1.807, 2.05) is 0 Å². The van der Waals surface area contributed by atoms with Crippen LogP contribution in [-0.4, -0.2) is 15.9 Å². The molecule has 2 aromatic rings. The lowest BCUT2D eigenvalue weighted by molar-refractivity contribution is 0.0734. The van der Waals surface area contributed by atoms with Crippen LogP contribution in [0.3, 0.4) is 0 Å². The van der Waals surface area contributed by atoms with Crippen LogP contribution in [0.15, 0.2) is 41.6 Å². The van der Waals surface area contributed by atoms with Gasteiger partial charge in [0.25, 0.3) is 5.56 Å². The van der Waals surface area contributed by atoms with Crippen LogP contribution in [0, 0.1) is 0 Å². The third kappa shape index (κ3) is 2.70. The number of nitrogens with one attached hydrogen (secondary N) is 1. The summed E-state index contributed by atoms with van der Waals surface area (Å²) in [6.45, 7) is 0. The maximum atomic E-state index is 11.6. The Hall–Kier alpha value is -2.14. The van der Waals surface area contributed by atoms with E-state index in [9.17, 15) is 9.59 Å². The van der Waals surface area contributed by atoms with Crippen molar-refractivity contribution in [3.63, 3.8) is 0 Å². The molecule has 86 valence electrons. The highest BCUT2D eigenvalue weighted by molar-refractivity contribution is 6.32. The van der Waals surface area contributed by atoms with Crippen molar-refractivity contribution in [2.45, 2.75) is 0 Å². The number of hydrogen-bond donors (Lipinski definition) is 1. The van der Waals surface area contributed by atoms with Crippen molar-refractivity contribution in [3.05, 3.63) is 57.7 Å². The van der Waals surface area contributed by atoms with Crippen molar-refractivity contribution >= 4 is 17.6 Å². The monoisotopic (exact) mass is 250 g/mol. The van der Waals surface area contributed by atoms with Crippen molar-refractivity contribution < 1.29 is 9.53 Å². The number of esters is 1. The van der Waals surface area contributed by atoms with Gasteiger partial charge in [-0.15, -0.1) is 0 Å². The summed E-state index contributed by atoms with van der Waals surface area (Å²) >= 11 is 5.76. The highest BCUT2D eigenvalue weighted by Gasteiger charge is 2.11. The molecule has 17 heavy (non-hydrogen) atoms. The number of H-pyrrole nitrogens is 1. The van der Waals surface area contributed by atoms with Gasteiger partial charge < -0.3 is 9.72 Å². The molecular formula is C11H7ClN2O3. The smallest absolute Gasteiger partial charge is 0.345 e. The molecule has 0 saturated heterocycles. The van der Waals surface area contributed by atoms with Crippen LogP contribution < -0.4 is 10.3 Å². The second-order valence-electron chi connectivity index (χ2n) is 3.14. The second-order valence-corrected chi connectivity index (χ2v) is 3.55. The number of hydrogen-bond acceptors (Lipinski definition) is 4. The standard InChI is InChI=1S/C11H7ClN2O3/c12-8-6-14-10(15)4-9(8)17-11(16)7-2-1-3-13-5-7/h1-6H,(H,14,15). The normalized spacial score (nSPS) is 9.94. The summed E-state index contributed by atoms with van der Waals surface area (Å²) in [5.41, 5.74) is -0.118. The Labute approximate surface area is 101 Å². The minimum absolute atomic E-state index is 0.0178. The molecule has 2 heterocycles. The van der Waals surface area contributed by atoms with Gasteiger partial charge in [0.05, 0.1) is 10.6 Å². The summed E-state index contributed by atoms with van der Waals surface area (Å²) < 4.78 is 4.98. The highest BCUT2D eigenvalue weighted by atomic mass is 35.5. The van der Waals surface area contributed by atoms with Crippen molar-refractivity contribution in [1.82, 2.24) is 9.97 Å². The molecule has 2 rings (SSSR count). The van der Waals surface area contributed by atoms with Crippen LogP contribution in [0.25, 0.3) is 0 Å². The molecule has 0 aliphatic heterocycles. The molecule has 0 fully saturated rings. The zero-order valence-electron chi connectivity index (χ0n) is 8.51. The quantitative estimate of drug-likeness (QED) is 0.823. The number of halogens is 1. The lowest BCUT2D eigenvalue weighted by Gasteiger charge is -2.04. The molecule has 0 amide bonds. The van der Waals surface area contributed by atoms with E-state index in [-0.39, 0.29) is 16.3 Å². The second kappa shape index (κ2) is 4.80. The topological polar surface area (TPSA) is 72.1 Å². The minimum atomic E-state index is -0.620. The number of aromatic amines is 1. The van der Waals surface area contributed by atoms with E-state index in [4.69, 9.17) is 16.3 Å². The third-order valence-electron chi connectivity index (χ3n) is 1.94. The van der Waals surface area contributed by atoms with Crippen LogP contribution in [0.5, 0.6) is 5.75 Å². The Kier molecular flexibility index (Phi) is 3.20. The van der Waals surface area contributed by atoms with Gasteiger partial charge in [0.2, 0.25) is 0 Å². The fraction of sp³-hybridized carbons (Fsp3) is 0. The molecule has 2 aromatic heterocycles. The number of aromatic nitrogens is 2. The number of carbonyl (C=O) groups is 1. The van der Waals surface area contributed by atoms with Gasteiger partial charge in [0.15, 0.2) is 5.75 Å². The number of nitrogens with zero attached hydrogens (tertiary/aromatic N) is 1. The predicted octanol–water partition coefficient (Wildman–Crippen LogP) is 1.64. The van der Waals surface area contributed by atoms with E-state index in [2.05, 4.69) is 9.97 Å². The molecule has 0 bridgehead atoms. The Bertz CT molecular complexity index is 595. The average Bonchev–Trinajstić information content (AvgIpc) is 2.35. The maximum Gasteiger partial charge on any atom is 0.345 e. The molecule has 6 heteroatoms. The summed E-state index contributed by atoms with van der Waals surface area (Å²) in [7, 11) is 0. The van der Waals surface area contributed by atoms with Gasteiger partial charge in [0, 0.05) is 24.7 Å². The van der Waals surface area contributed by atoms with Gasteiger partial charge >= 0.3 is 5.97 Å². The zero-order chi connectivity index (χ0) is 12.3. The summed E-state index contributed by atoms with van der Waals surface area (Å²) in [4.78, 5) is 28.8. The van der Waals surface area contributed by atoms with E-state index in [1.165, 1.54) is 18.6 Å². The van der Waals surface area contributed by atoms with Gasteiger partial charge in [0.1, 0.15) is 0 Å². The maximum absolute atomic E-state index is 11.6. The molecule has 0 aliphatic rings. The van der Waals surface area contributed by atoms with Gasteiger partial charge in [-0.1, -0.05) is 11.6 Å². The molecular weight excluding hydrogens is 244 g/mol. The zero-order valence-corrected chi connectivity index (χ0v) is 9.27. The summed E-state index contributed by atoms with van der Waals surface area (Å²) in [5.74, 6) is -0.602. The Balaban J connectivity index is 2.25. The lowest BCUT2D eigenvalue weighted by Crippen LogP contribution is -2.12. The van der Waals surface area contributed by atoms with E-state index in [0.29, 0.717) is 0 Å². The third-order valence-corrected chi connectivity index (χ3v) is 2.23. The first kappa shape index (κ1) is 11.3. The fourth-order valence-electron chi connectivity index (χ4n) is 1.16. The van der Waals surface area contributed by atoms with Crippen LogP contribution in [0.1, 0.15) is 10.4 Å². The highest BCUT2D eigenvalue weighted by Crippen LogP contribution is 2.21. The van der Waals surface area contributed by atoms with Gasteiger partial charge in [-0.3, -0.25) is 9.78 Å². The largest absolute Gasteiger partial charge is 0.421 e. The van der Waals surface area contributed by atoms with Crippen molar-refractivity contribution in [3.8, 4) is 5.75 Å². The minimum Gasteiger partial charge on any atom is -0.421 e. The van der Waals surface area contributed by atoms with E-state index in [0.717, 1.165) is 6.07 Å². The molecule has 0 aromatic carbocycles. The van der Waals surface area contributed by atoms with Gasteiger partial charge in [-0.2, -0.15) is 0 Å². The molecule has 0 atom stereocenters. The molecule has 0 saturated carbocycles. The molecule has 1 N–H and O–H groups in total. The van der Waals surface area contributed by atoms with Gasteiger partial charge in [-0.05, 0) is 12.1 Å². The number of ether oxygens (including phenoxy) is 1. The van der Waals surface area contributed by atoms with Crippen LogP contribution >= 0.6 is 11.6 Å². The van der Waals surface area contributed by atoms with E-state index in [1.54, 1.807) is 12.1 Å². The van der Waals surface area contributed by atoms with Crippen molar-refractivity contribution in [2.24, 2.45) is 0 Å². The first-order chi connectivity index (χ1) is 8.16. The number of carbonyl (C=O) groups excluding carboxylic acids is 1. The Morgan fingerprint density at radius 3 is 3.00 bits per heavy atom. The van der Waals surface area contributed by atoms with Crippen LogP contribution in [0.2, 0.25) is 5.02 Å². The Morgan fingerprint density at radius 2 is 2.29 bits per heavy atom. The Morgan fingerprint density at radius 1 is 1.47 bits per heavy atom. The molecule has 0 radical (unpaired) electrons. The molecule has 5 nitrogen and oxygen atoms in total. The predicted molar refractivity (Wildman–Crippen MR) is 61.3 cm³/mol. The SMILES string of the molecule is O=C(Oc1cc(=O)[nH]cc1Cl)c1cccnc1.